The number of fused-ring (bicyclic) bond motifs is 1. The van der Waals surface area contributed by atoms with E-state index < -0.39 is 9.84 Å². The molecule has 0 radical (unpaired) electrons. The maximum Gasteiger partial charge on any atom is 0.175 e. The fraction of sp³-hybridized carbons (Fsp3) is 0.318. The SMILES string of the molecule is Cc1ccc(-c2nc3c(n2-c2ccc(S(C)(=O)=O)cc2)CCCC3)c(C)c1. The van der Waals surface area contributed by atoms with E-state index in [0.717, 1.165) is 36.3 Å². The molecule has 0 aliphatic heterocycles. The summed E-state index contributed by atoms with van der Waals surface area (Å²) in [7, 11) is -3.20. The molecule has 0 saturated carbocycles. The van der Waals surface area contributed by atoms with Crippen LogP contribution in [-0.2, 0) is 22.7 Å². The molecule has 1 heterocycles. The van der Waals surface area contributed by atoms with Gasteiger partial charge < -0.3 is 0 Å². The van der Waals surface area contributed by atoms with Gasteiger partial charge in [-0.1, -0.05) is 23.8 Å². The van der Waals surface area contributed by atoms with Crippen LogP contribution in [0.2, 0.25) is 0 Å². The van der Waals surface area contributed by atoms with Crippen LogP contribution < -0.4 is 0 Å². The van der Waals surface area contributed by atoms with E-state index >= 15 is 0 Å². The van der Waals surface area contributed by atoms with E-state index in [1.807, 2.05) is 12.1 Å². The molecule has 3 aromatic rings. The number of rotatable bonds is 3. The van der Waals surface area contributed by atoms with Crippen molar-refractivity contribution < 1.29 is 8.42 Å². The van der Waals surface area contributed by atoms with Gasteiger partial charge in [0.25, 0.3) is 0 Å². The van der Waals surface area contributed by atoms with Crippen molar-refractivity contribution in [2.24, 2.45) is 0 Å². The van der Waals surface area contributed by atoms with Gasteiger partial charge >= 0.3 is 0 Å². The van der Waals surface area contributed by atoms with Gasteiger partial charge in [0.2, 0.25) is 0 Å². The van der Waals surface area contributed by atoms with Gasteiger partial charge in [0.1, 0.15) is 5.82 Å². The van der Waals surface area contributed by atoms with E-state index in [1.54, 1.807) is 12.1 Å². The molecule has 0 fully saturated rings. The summed E-state index contributed by atoms with van der Waals surface area (Å²) in [5.41, 5.74) is 6.95. The predicted molar refractivity (Wildman–Crippen MR) is 108 cm³/mol. The van der Waals surface area contributed by atoms with Crippen LogP contribution >= 0.6 is 0 Å². The highest BCUT2D eigenvalue weighted by Gasteiger charge is 2.23. The van der Waals surface area contributed by atoms with E-state index in [1.165, 1.54) is 35.2 Å². The summed E-state index contributed by atoms with van der Waals surface area (Å²) in [4.78, 5) is 5.34. The molecule has 4 rings (SSSR count). The summed E-state index contributed by atoms with van der Waals surface area (Å²) in [5.74, 6) is 0.950. The van der Waals surface area contributed by atoms with Gasteiger partial charge in [-0.2, -0.15) is 0 Å². The van der Waals surface area contributed by atoms with E-state index in [9.17, 15) is 8.42 Å². The van der Waals surface area contributed by atoms with Crippen LogP contribution in [-0.4, -0.2) is 24.2 Å². The molecule has 0 N–H and O–H groups in total. The fourth-order valence-electron chi connectivity index (χ4n) is 3.91. The first-order valence-corrected chi connectivity index (χ1v) is 11.2. The predicted octanol–water partition coefficient (Wildman–Crippen LogP) is 4.44. The third-order valence-corrected chi connectivity index (χ3v) is 6.41. The van der Waals surface area contributed by atoms with E-state index in [2.05, 4.69) is 36.6 Å². The number of sulfone groups is 1. The van der Waals surface area contributed by atoms with Gasteiger partial charge in [-0.25, -0.2) is 13.4 Å². The largest absolute Gasteiger partial charge is 0.296 e. The number of hydrogen-bond acceptors (Lipinski definition) is 3. The minimum absolute atomic E-state index is 0.341. The van der Waals surface area contributed by atoms with E-state index in [-0.39, 0.29) is 0 Å². The number of imidazole rings is 1. The molecule has 140 valence electrons. The summed E-state index contributed by atoms with van der Waals surface area (Å²) >= 11 is 0. The van der Waals surface area contributed by atoms with Gasteiger partial charge in [-0.05, 0) is 69.4 Å². The minimum atomic E-state index is -3.20. The molecule has 2 aromatic carbocycles. The second kappa shape index (κ2) is 6.64. The van der Waals surface area contributed by atoms with Crippen molar-refractivity contribution in [1.82, 2.24) is 9.55 Å². The Hall–Kier alpha value is -2.40. The number of hydrogen-bond donors (Lipinski definition) is 0. The lowest BCUT2D eigenvalue weighted by Crippen LogP contribution is -2.08. The van der Waals surface area contributed by atoms with Crippen molar-refractivity contribution in [3.05, 3.63) is 65.0 Å². The summed E-state index contributed by atoms with van der Waals surface area (Å²) in [5, 5.41) is 0. The van der Waals surface area contributed by atoms with Gasteiger partial charge in [-0.3, -0.25) is 4.57 Å². The van der Waals surface area contributed by atoms with Gasteiger partial charge in [-0.15, -0.1) is 0 Å². The lowest BCUT2D eigenvalue weighted by molar-refractivity contribution is 0.602. The summed E-state index contributed by atoms with van der Waals surface area (Å²) in [6.45, 7) is 4.21. The first-order valence-electron chi connectivity index (χ1n) is 9.33. The van der Waals surface area contributed by atoms with Crippen LogP contribution in [0.3, 0.4) is 0 Å². The second-order valence-electron chi connectivity index (χ2n) is 7.46. The van der Waals surface area contributed by atoms with Crippen LogP contribution in [0.1, 0.15) is 35.4 Å². The number of aryl methyl sites for hydroxylation is 3. The Morgan fingerprint density at radius 3 is 2.33 bits per heavy atom. The highest BCUT2D eigenvalue weighted by Crippen LogP contribution is 2.33. The number of benzene rings is 2. The lowest BCUT2D eigenvalue weighted by Gasteiger charge is -2.16. The quantitative estimate of drug-likeness (QED) is 0.675. The molecule has 0 saturated heterocycles. The van der Waals surface area contributed by atoms with Crippen LogP contribution in [0.4, 0.5) is 0 Å². The summed E-state index contributed by atoms with van der Waals surface area (Å²) in [6.07, 6.45) is 5.57. The van der Waals surface area contributed by atoms with E-state index in [4.69, 9.17) is 4.98 Å². The van der Waals surface area contributed by atoms with Crippen molar-refractivity contribution in [3.8, 4) is 17.1 Å². The van der Waals surface area contributed by atoms with Crippen molar-refractivity contribution in [2.75, 3.05) is 6.26 Å². The van der Waals surface area contributed by atoms with E-state index in [0.29, 0.717) is 4.90 Å². The first kappa shape index (κ1) is 18.0. The Labute approximate surface area is 160 Å². The number of aromatic nitrogens is 2. The van der Waals surface area contributed by atoms with Crippen LogP contribution in [0, 0.1) is 13.8 Å². The van der Waals surface area contributed by atoms with Crippen molar-refractivity contribution >= 4 is 9.84 Å². The average molecular weight is 381 g/mol. The molecule has 27 heavy (non-hydrogen) atoms. The molecule has 0 bridgehead atoms. The third-order valence-electron chi connectivity index (χ3n) is 5.28. The Kier molecular flexibility index (Phi) is 4.42. The van der Waals surface area contributed by atoms with Crippen molar-refractivity contribution in [1.29, 1.82) is 0 Å². The maximum absolute atomic E-state index is 11.8. The van der Waals surface area contributed by atoms with Crippen LogP contribution in [0.25, 0.3) is 17.1 Å². The molecule has 1 aromatic heterocycles. The van der Waals surface area contributed by atoms with Crippen LogP contribution in [0.5, 0.6) is 0 Å². The normalized spacial score (nSPS) is 14.2. The molecule has 0 atom stereocenters. The maximum atomic E-state index is 11.8. The topological polar surface area (TPSA) is 52.0 Å². The number of nitrogens with zero attached hydrogens (tertiary/aromatic N) is 2. The third kappa shape index (κ3) is 3.32. The summed E-state index contributed by atoms with van der Waals surface area (Å²) in [6, 6.07) is 13.6. The van der Waals surface area contributed by atoms with Crippen molar-refractivity contribution in [2.45, 2.75) is 44.4 Å². The average Bonchev–Trinajstić information content (AvgIpc) is 3.00. The Morgan fingerprint density at radius 2 is 1.67 bits per heavy atom. The monoisotopic (exact) mass is 380 g/mol. The van der Waals surface area contributed by atoms with Gasteiger partial charge in [0, 0.05) is 23.2 Å². The highest BCUT2D eigenvalue weighted by atomic mass is 32.2. The minimum Gasteiger partial charge on any atom is -0.296 e. The lowest BCUT2D eigenvalue weighted by atomic mass is 10.0. The molecule has 0 amide bonds. The smallest absolute Gasteiger partial charge is 0.175 e. The molecular formula is C22H24N2O2S. The Bertz CT molecular complexity index is 1110. The van der Waals surface area contributed by atoms with Crippen LogP contribution in [0.15, 0.2) is 47.4 Å². The highest BCUT2D eigenvalue weighted by molar-refractivity contribution is 7.90. The van der Waals surface area contributed by atoms with Crippen molar-refractivity contribution in [3.63, 3.8) is 0 Å². The zero-order chi connectivity index (χ0) is 19.2. The molecule has 1 aliphatic carbocycles. The zero-order valence-electron chi connectivity index (χ0n) is 16.0. The fourth-order valence-corrected chi connectivity index (χ4v) is 4.54. The Morgan fingerprint density at radius 1 is 0.963 bits per heavy atom. The molecule has 0 spiro atoms. The molecule has 5 heteroatoms. The second-order valence-corrected chi connectivity index (χ2v) is 9.47. The zero-order valence-corrected chi connectivity index (χ0v) is 16.8. The van der Waals surface area contributed by atoms with Gasteiger partial charge in [0.05, 0.1) is 10.6 Å². The molecule has 4 nitrogen and oxygen atoms in total. The standard InChI is InChI=1S/C22H24N2O2S/c1-15-8-13-19(16(2)14-15)22-23-20-6-4-5-7-21(20)24(22)17-9-11-18(12-10-17)27(3,25)26/h8-14H,4-7H2,1-3H3. The molecular weight excluding hydrogens is 356 g/mol. The molecule has 0 unspecified atom stereocenters. The first-order chi connectivity index (χ1) is 12.8. The van der Waals surface area contributed by atoms with Gasteiger partial charge in [0.15, 0.2) is 9.84 Å². The summed E-state index contributed by atoms with van der Waals surface area (Å²) < 4.78 is 25.8. The molecule has 1 aliphatic rings. The Balaban J connectivity index is 1.92.